The van der Waals surface area contributed by atoms with Crippen molar-refractivity contribution in [1.82, 2.24) is 0 Å². The molecule has 4 aliphatic carbocycles. The number of aliphatic hydroxyl groups excluding tert-OH is 1. The summed E-state index contributed by atoms with van der Waals surface area (Å²) in [5.74, 6) is 3.91. The highest BCUT2D eigenvalue weighted by Crippen LogP contribution is 2.68. The molecule has 4 rings (SSSR count). The maximum atomic E-state index is 11.0. The van der Waals surface area contributed by atoms with Crippen molar-refractivity contribution in [3.8, 4) is 0 Å². The highest BCUT2D eigenvalue weighted by atomic mass is 16.4. The van der Waals surface area contributed by atoms with Crippen LogP contribution in [0.5, 0.6) is 0 Å². The van der Waals surface area contributed by atoms with E-state index in [1.54, 1.807) is 0 Å². The van der Waals surface area contributed by atoms with E-state index < -0.39 is 5.97 Å². The Balaban J connectivity index is 1.51. The molecule has 0 aliphatic heterocycles. The van der Waals surface area contributed by atoms with Gasteiger partial charge in [-0.3, -0.25) is 4.79 Å². The topological polar surface area (TPSA) is 57.5 Å². The zero-order chi connectivity index (χ0) is 19.4. The number of aliphatic carboxylic acids is 1. The molecule has 4 saturated carbocycles. The molecule has 0 saturated heterocycles. The quantitative estimate of drug-likeness (QED) is 0.680. The van der Waals surface area contributed by atoms with E-state index in [9.17, 15) is 9.90 Å². The lowest BCUT2D eigenvalue weighted by Crippen LogP contribution is -2.54. The molecule has 4 fully saturated rings. The van der Waals surface area contributed by atoms with E-state index in [0.29, 0.717) is 29.1 Å². The van der Waals surface area contributed by atoms with Gasteiger partial charge in [0.25, 0.3) is 0 Å². The largest absolute Gasteiger partial charge is 0.481 e. The van der Waals surface area contributed by atoms with Gasteiger partial charge >= 0.3 is 5.97 Å². The Hall–Kier alpha value is -0.570. The van der Waals surface area contributed by atoms with Gasteiger partial charge in [-0.05, 0) is 111 Å². The van der Waals surface area contributed by atoms with E-state index >= 15 is 0 Å². The molecule has 154 valence electrons. The SMILES string of the molecule is C[C@H](CCC(=O)O)[C@@H]1CC[C@@H]2[C@@H]3CC[C@H]4C[C@H](O)CC[C@]4(C)[C@@H]3CC[C@]21C. The fourth-order valence-electron chi connectivity index (χ4n) is 8.76. The number of rotatable bonds is 4. The number of carboxylic acids is 1. The van der Waals surface area contributed by atoms with Crippen LogP contribution in [0, 0.1) is 46.3 Å². The van der Waals surface area contributed by atoms with Crippen LogP contribution in [0.25, 0.3) is 0 Å². The summed E-state index contributed by atoms with van der Waals surface area (Å²) in [5.41, 5.74) is 0.882. The molecule has 3 nitrogen and oxygen atoms in total. The van der Waals surface area contributed by atoms with E-state index in [-0.39, 0.29) is 6.10 Å². The fourth-order valence-corrected chi connectivity index (χ4v) is 8.76. The summed E-state index contributed by atoms with van der Waals surface area (Å²) in [5, 5.41) is 19.3. The summed E-state index contributed by atoms with van der Waals surface area (Å²) in [6.07, 6.45) is 12.4. The summed E-state index contributed by atoms with van der Waals surface area (Å²) >= 11 is 0. The Morgan fingerprint density at radius 2 is 1.70 bits per heavy atom. The van der Waals surface area contributed by atoms with Gasteiger partial charge in [0, 0.05) is 6.42 Å². The van der Waals surface area contributed by atoms with Crippen molar-refractivity contribution in [3.63, 3.8) is 0 Å². The minimum Gasteiger partial charge on any atom is -0.481 e. The van der Waals surface area contributed by atoms with Crippen LogP contribution < -0.4 is 0 Å². The molecule has 0 aromatic carbocycles. The van der Waals surface area contributed by atoms with E-state index in [1.165, 1.54) is 44.9 Å². The maximum Gasteiger partial charge on any atom is 0.303 e. The third kappa shape index (κ3) is 3.16. The summed E-state index contributed by atoms with van der Waals surface area (Å²) in [6.45, 7) is 7.43. The predicted molar refractivity (Wildman–Crippen MR) is 107 cm³/mol. The zero-order valence-electron chi connectivity index (χ0n) is 17.6. The molecule has 0 aromatic heterocycles. The third-order valence-electron chi connectivity index (χ3n) is 10.2. The normalized spacial score (nSPS) is 50.4. The first-order valence-electron chi connectivity index (χ1n) is 11.7. The molecule has 2 N–H and O–H groups in total. The van der Waals surface area contributed by atoms with Crippen molar-refractivity contribution >= 4 is 5.97 Å². The highest BCUT2D eigenvalue weighted by molar-refractivity contribution is 5.66. The summed E-state index contributed by atoms with van der Waals surface area (Å²) in [4.78, 5) is 11.0. The van der Waals surface area contributed by atoms with Crippen LogP contribution in [0.2, 0.25) is 0 Å². The maximum absolute atomic E-state index is 11.0. The summed E-state index contributed by atoms with van der Waals surface area (Å²) in [7, 11) is 0. The Kier molecular flexibility index (Phi) is 5.15. The van der Waals surface area contributed by atoms with E-state index in [1.807, 2.05) is 0 Å². The van der Waals surface area contributed by atoms with Gasteiger partial charge in [0.1, 0.15) is 0 Å². The molecule has 0 unspecified atom stereocenters. The highest BCUT2D eigenvalue weighted by Gasteiger charge is 2.60. The number of hydrogen-bond acceptors (Lipinski definition) is 2. The first kappa shape index (κ1) is 19.7. The number of carbonyl (C=O) groups is 1. The first-order valence-corrected chi connectivity index (χ1v) is 11.7. The van der Waals surface area contributed by atoms with Crippen molar-refractivity contribution in [1.29, 1.82) is 0 Å². The molecule has 9 atom stereocenters. The molecule has 0 heterocycles. The van der Waals surface area contributed by atoms with Gasteiger partial charge in [-0.15, -0.1) is 0 Å². The molecule has 3 heteroatoms. The van der Waals surface area contributed by atoms with Crippen LogP contribution in [0.1, 0.15) is 91.4 Å². The van der Waals surface area contributed by atoms with E-state index in [0.717, 1.165) is 42.9 Å². The molecule has 0 spiro atoms. The van der Waals surface area contributed by atoms with Crippen LogP contribution in [0.3, 0.4) is 0 Å². The average Bonchev–Trinajstić information content (AvgIpc) is 2.97. The Morgan fingerprint density at radius 3 is 2.44 bits per heavy atom. The smallest absolute Gasteiger partial charge is 0.303 e. The van der Waals surface area contributed by atoms with Crippen molar-refractivity contribution in [2.75, 3.05) is 0 Å². The van der Waals surface area contributed by atoms with Gasteiger partial charge in [-0.25, -0.2) is 0 Å². The lowest BCUT2D eigenvalue weighted by molar-refractivity contribution is -0.138. The van der Waals surface area contributed by atoms with Crippen molar-refractivity contribution < 1.29 is 15.0 Å². The lowest BCUT2D eigenvalue weighted by atomic mass is 9.44. The molecule has 4 aliphatic rings. The second-order valence-corrected chi connectivity index (χ2v) is 11.2. The number of aliphatic hydroxyl groups is 1. The Morgan fingerprint density at radius 1 is 1.00 bits per heavy atom. The second-order valence-electron chi connectivity index (χ2n) is 11.2. The monoisotopic (exact) mass is 376 g/mol. The van der Waals surface area contributed by atoms with Gasteiger partial charge in [0.2, 0.25) is 0 Å². The van der Waals surface area contributed by atoms with Crippen LogP contribution in [-0.4, -0.2) is 22.3 Å². The number of hydrogen-bond donors (Lipinski definition) is 2. The van der Waals surface area contributed by atoms with Crippen LogP contribution in [0.4, 0.5) is 0 Å². The Labute approximate surface area is 165 Å². The number of fused-ring (bicyclic) bond motifs is 5. The van der Waals surface area contributed by atoms with Gasteiger partial charge in [0.15, 0.2) is 0 Å². The van der Waals surface area contributed by atoms with Gasteiger partial charge < -0.3 is 10.2 Å². The molecule has 27 heavy (non-hydrogen) atoms. The van der Waals surface area contributed by atoms with E-state index in [4.69, 9.17) is 5.11 Å². The third-order valence-corrected chi connectivity index (χ3v) is 10.2. The first-order chi connectivity index (χ1) is 12.8. The van der Waals surface area contributed by atoms with Crippen LogP contribution >= 0.6 is 0 Å². The molecular weight excluding hydrogens is 336 g/mol. The van der Waals surface area contributed by atoms with Crippen molar-refractivity contribution in [2.45, 2.75) is 97.5 Å². The number of carboxylic acid groups (broad SMARTS) is 1. The minimum atomic E-state index is -0.643. The Bertz CT molecular complexity index is 574. The molecule has 0 amide bonds. The van der Waals surface area contributed by atoms with Crippen LogP contribution in [-0.2, 0) is 4.79 Å². The lowest BCUT2D eigenvalue weighted by Gasteiger charge is -2.61. The second kappa shape index (κ2) is 7.04. The predicted octanol–water partition coefficient (Wildman–Crippen LogP) is 5.51. The molecule has 0 bridgehead atoms. The summed E-state index contributed by atoms with van der Waals surface area (Å²) < 4.78 is 0. The zero-order valence-corrected chi connectivity index (χ0v) is 17.6. The van der Waals surface area contributed by atoms with Gasteiger partial charge in [-0.2, -0.15) is 0 Å². The molecule has 0 radical (unpaired) electrons. The molecule has 0 aromatic rings. The van der Waals surface area contributed by atoms with E-state index in [2.05, 4.69) is 20.8 Å². The fraction of sp³-hybridized carbons (Fsp3) is 0.958. The van der Waals surface area contributed by atoms with Crippen LogP contribution in [0.15, 0.2) is 0 Å². The standard InChI is InChI=1S/C24H40O3/c1-15(4-9-22(26)27)19-7-8-20-18-6-5-16-14-17(25)10-12-23(16,2)21(18)11-13-24(19,20)3/h15-21,25H,4-14H2,1-3H3,(H,26,27)/t15-,16+,17-,18+,19+,20-,21-,23+,24+/m1/s1. The van der Waals surface area contributed by atoms with Gasteiger partial charge in [0.05, 0.1) is 6.10 Å². The minimum absolute atomic E-state index is 0.0561. The molecular formula is C24H40O3. The van der Waals surface area contributed by atoms with Crippen molar-refractivity contribution in [3.05, 3.63) is 0 Å². The van der Waals surface area contributed by atoms with Crippen molar-refractivity contribution in [2.24, 2.45) is 46.3 Å². The summed E-state index contributed by atoms with van der Waals surface area (Å²) in [6, 6.07) is 0. The average molecular weight is 377 g/mol. The van der Waals surface area contributed by atoms with Gasteiger partial charge in [-0.1, -0.05) is 20.8 Å².